The molecule has 0 saturated carbocycles. The summed E-state index contributed by atoms with van der Waals surface area (Å²) in [5.74, 6) is -1.83. The summed E-state index contributed by atoms with van der Waals surface area (Å²) in [7, 11) is 0. The molecule has 0 aromatic heterocycles. The van der Waals surface area contributed by atoms with E-state index >= 15 is 0 Å². The summed E-state index contributed by atoms with van der Waals surface area (Å²) < 4.78 is 13.0. The second-order valence-corrected chi connectivity index (χ2v) is 7.52. The molecule has 2 aliphatic heterocycles. The average Bonchev–Trinajstić information content (AvgIpc) is 3.21. The van der Waals surface area contributed by atoms with Crippen LogP contribution in [0, 0.1) is 11.7 Å². The van der Waals surface area contributed by atoms with Gasteiger partial charge in [0, 0.05) is 32.0 Å². The van der Waals surface area contributed by atoms with Crippen LogP contribution in [-0.2, 0) is 16.1 Å². The number of nitrogens with zero attached hydrogens (tertiary/aromatic N) is 2. The molecule has 30 heavy (non-hydrogen) atoms. The molecule has 2 heterocycles. The third kappa shape index (κ3) is 3.94. The zero-order chi connectivity index (χ0) is 21.3. The Morgan fingerprint density at radius 2 is 1.63 bits per heavy atom. The lowest BCUT2D eigenvalue weighted by Gasteiger charge is -2.18. The SMILES string of the molecule is O=C(CN1C(=O)c2ccccc2C1=O)NCC1CC(=O)N(Cc2ccc(F)cc2)C1. The second-order valence-electron chi connectivity index (χ2n) is 7.52. The topological polar surface area (TPSA) is 86.8 Å². The minimum atomic E-state index is -0.479. The Kier molecular flexibility index (Phi) is 5.31. The number of fused-ring (bicyclic) bond motifs is 1. The standard InChI is InChI=1S/C22H20FN3O4/c23-16-7-5-14(6-8-16)11-25-12-15(9-20(25)28)10-24-19(27)13-26-21(29)17-3-1-2-4-18(17)22(26)30/h1-8,15H,9-13H2,(H,24,27). The van der Waals surface area contributed by atoms with E-state index in [1.54, 1.807) is 41.3 Å². The summed E-state index contributed by atoms with van der Waals surface area (Å²) in [6, 6.07) is 12.4. The van der Waals surface area contributed by atoms with Gasteiger partial charge in [-0.3, -0.25) is 24.1 Å². The number of rotatable bonds is 6. The summed E-state index contributed by atoms with van der Waals surface area (Å²) >= 11 is 0. The summed E-state index contributed by atoms with van der Waals surface area (Å²) in [4.78, 5) is 51.8. The van der Waals surface area contributed by atoms with Crippen LogP contribution in [0.2, 0.25) is 0 Å². The fourth-order valence-electron chi connectivity index (χ4n) is 3.79. The molecule has 8 heteroatoms. The number of benzene rings is 2. The molecule has 1 N–H and O–H groups in total. The molecule has 4 rings (SSSR count). The van der Waals surface area contributed by atoms with E-state index in [9.17, 15) is 23.6 Å². The molecule has 154 valence electrons. The summed E-state index contributed by atoms with van der Waals surface area (Å²) in [6.07, 6.45) is 0.300. The molecule has 0 aliphatic carbocycles. The lowest BCUT2D eigenvalue weighted by Crippen LogP contribution is -2.42. The minimum Gasteiger partial charge on any atom is -0.354 e. The molecule has 1 fully saturated rings. The van der Waals surface area contributed by atoms with Gasteiger partial charge < -0.3 is 10.2 Å². The Bertz CT molecular complexity index is 986. The van der Waals surface area contributed by atoms with Gasteiger partial charge in [0.25, 0.3) is 11.8 Å². The summed E-state index contributed by atoms with van der Waals surface area (Å²) in [5.41, 5.74) is 1.43. The first kappa shape index (κ1) is 19.8. The van der Waals surface area contributed by atoms with Gasteiger partial charge in [-0.25, -0.2) is 4.39 Å². The molecule has 0 radical (unpaired) electrons. The normalized spacial score (nSPS) is 18.2. The molecular weight excluding hydrogens is 389 g/mol. The smallest absolute Gasteiger partial charge is 0.262 e. The first-order valence-corrected chi connectivity index (χ1v) is 9.66. The van der Waals surface area contributed by atoms with E-state index in [1.807, 2.05) is 0 Å². The van der Waals surface area contributed by atoms with E-state index in [0.717, 1.165) is 10.5 Å². The number of likely N-dealkylation sites (tertiary alicyclic amines) is 1. The number of hydrogen-bond acceptors (Lipinski definition) is 4. The highest BCUT2D eigenvalue weighted by molar-refractivity contribution is 6.22. The largest absolute Gasteiger partial charge is 0.354 e. The van der Waals surface area contributed by atoms with Crippen LogP contribution >= 0.6 is 0 Å². The van der Waals surface area contributed by atoms with Gasteiger partial charge in [0.1, 0.15) is 12.4 Å². The van der Waals surface area contributed by atoms with Crippen molar-refractivity contribution in [2.24, 2.45) is 5.92 Å². The lowest BCUT2D eigenvalue weighted by molar-refractivity contribution is -0.128. The molecule has 2 aliphatic rings. The molecule has 0 spiro atoms. The van der Waals surface area contributed by atoms with Gasteiger partial charge >= 0.3 is 0 Å². The van der Waals surface area contributed by atoms with Crippen molar-refractivity contribution in [1.29, 1.82) is 0 Å². The van der Waals surface area contributed by atoms with Gasteiger partial charge in [-0.05, 0) is 29.8 Å². The number of carbonyl (C=O) groups excluding carboxylic acids is 4. The van der Waals surface area contributed by atoms with Crippen LogP contribution in [0.1, 0.15) is 32.7 Å². The van der Waals surface area contributed by atoms with Crippen molar-refractivity contribution in [3.63, 3.8) is 0 Å². The maximum Gasteiger partial charge on any atom is 0.262 e. The number of nitrogens with one attached hydrogen (secondary N) is 1. The lowest BCUT2D eigenvalue weighted by atomic mass is 10.1. The first-order chi connectivity index (χ1) is 14.4. The molecule has 2 aromatic carbocycles. The van der Waals surface area contributed by atoms with E-state index in [4.69, 9.17) is 0 Å². The van der Waals surface area contributed by atoms with Gasteiger partial charge in [-0.2, -0.15) is 0 Å². The van der Waals surface area contributed by atoms with Crippen molar-refractivity contribution in [1.82, 2.24) is 15.1 Å². The fraction of sp³-hybridized carbons (Fsp3) is 0.273. The number of amides is 4. The van der Waals surface area contributed by atoms with Crippen LogP contribution in [0.3, 0.4) is 0 Å². The van der Waals surface area contributed by atoms with Crippen LogP contribution < -0.4 is 5.32 Å². The van der Waals surface area contributed by atoms with Crippen molar-refractivity contribution in [2.75, 3.05) is 19.6 Å². The number of hydrogen-bond donors (Lipinski definition) is 1. The molecular formula is C22H20FN3O4. The Hall–Kier alpha value is -3.55. The van der Waals surface area contributed by atoms with Crippen LogP contribution in [0.15, 0.2) is 48.5 Å². The van der Waals surface area contributed by atoms with Crippen molar-refractivity contribution in [3.05, 3.63) is 71.0 Å². The Labute approximate surface area is 172 Å². The maximum absolute atomic E-state index is 13.0. The third-order valence-electron chi connectivity index (χ3n) is 5.35. The molecule has 1 saturated heterocycles. The van der Waals surface area contributed by atoms with Crippen LogP contribution in [0.25, 0.3) is 0 Å². The van der Waals surface area contributed by atoms with Crippen molar-refractivity contribution >= 4 is 23.6 Å². The monoisotopic (exact) mass is 409 g/mol. The Morgan fingerprint density at radius 3 is 2.27 bits per heavy atom. The maximum atomic E-state index is 13.0. The molecule has 1 atom stereocenters. The molecule has 2 aromatic rings. The van der Waals surface area contributed by atoms with Crippen LogP contribution in [0.5, 0.6) is 0 Å². The third-order valence-corrected chi connectivity index (χ3v) is 5.35. The minimum absolute atomic E-state index is 0.0288. The highest BCUT2D eigenvalue weighted by Gasteiger charge is 2.36. The van der Waals surface area contributed by atoms with E-state index in [-0.39, 0.29) is 30.7 Å². The predicted octanol–water partition coefficient (Wildman–Crippen LogP) is 1.59. The van der Waals surface area contributed by atoms with E-state index < -0.39 is 17.7 Å². The van der Waals surface area contributed by atoms with Gasteiger partial charge in [-0.15, -0.1) is 0 Å². The number of imide groups is 1. The van der Waals surface area contributed by atoms with E-state index in [0.29, 0.717) is 30.6 Å². The second kappa shape index (κ2) is 8.06. The summed E-state index contributed by atoms with van der Waals surface area (Å²) in [5, 5.41) is 2.72. The molecule has 1 unspecified atom stereocenters. The quantitative estimate of drug-likeness (QED) is 0.734. The predicted molar refractivity (Wildman–Crippen MR) is 105 cm³/mol. The average molecular weight is 409 g/mol. The van der Waals surface area contributed by atoms with Crippen LogP contribution in [0.4, 0.5) is 4.39 Å². The highest BCUT2D eigenvalue weighted by Crippen LogP contribution is 2.22. The summed E-state index contributed by atoms with van der Waals surface area (Å²) in [6.45, 7) is 0.780. The van der Waals surface area contributed by atoms with Crippen LogP contribution in [-0.4, -0.2) is 53.1 Å². The fourth-order valence-corrected chi connectivity index (χ4v) is 3.79. The van der Waals surface area contributed by atoms with Crippen molar-refractivity contribution < 1.29 is 23.6 Å². The molecule has 4 amide bonds. The van der Waals surface area contributed by atoms with Crippen molar-refractivity contribution in [2.45, 2.75) is 13.0 Å². The number of halogens is 1. The Morgan fingerprint density at radius 1 is 1.00 bits per heavy atom. The van der Waals surface area contributed by atoms with Gasteiger partial charge in [0.05, 0.1) is 11.1 Å². The van der Waals surface area contributed by atoms with Gasteiger partial charge in [0.15, 0.2) is 0 Å². The highest BCUT2D eigenvalue weighted by atomic mass is 19.1. The zero-order valence-electron chi connectivity index (χ0n) is 16.1. The number of carbonyl (C=O) groups is 4. The first-order valence-electron chi connectivity index (χ1n) is 9.66. The zero-order valence-corrected chi connectivity index (χ0v) is 16.1. The Balaban J connectivity index is 1.28. The van der Waals surface area contributed by atoms with E-state index in [1.165, 1.54) is 12.1 Å². The van der Waals surface area contributed by atoms with Crippen molar-refractivity contribution in [3.8, 4) is 0 Å². The van der Waals surface area contributed by atoms with E-state index in [2.05, 4.69) is 5.32 Å². The molecule has 0 bridgehead atoms. The van der Waals surface area contributed by atoms with Gasteiger partial charge in [0.2, 0.25) is 11.8 Å². The molecule has 7 nitrogen and oxygen atoms in total. The van der Waals surface area contributed by atoms with Gasteiger partial charge in [-0.1, -0.05) is 24.3 Å².